The van der Waals surface area contributed by atoms with E-state index < -0.39 is 0 Å². The maximum absolute atomic E-state index is 9.24. The molecule has 1 aromatic rings. The maximum Gasteiger partial charge on any atom is 0.118 e. The Balaban J connectivity index is 0.000000141. The predicted molar refractivity (Wildman–Crippen MR) is 72.4 cm³/mol. The van der Waals surface area contributed by atoms with Crippen molar-refractivity contribution in [2.24, 2.45) is 0 Å². The topological polar surface area (TPSA) is 54.5 Å². The normalized spacial score (nSPS) is 23.4. The summed E-state index contributed by atoms with van der Waals surface area (Å²) in [7, 11) is 0. The zero-order valence-corrected chi connectivity index (χ0v) is 11.4. The third-order valence-corrected chi connectivity index (χ3v) is 2.92. The van der Waals surface area contributed by atoms with Crippen LogP contribution in [0.3, 0.4) is 0 Å². The van der Waals surface area contributed by atoms with E-state index in [1.165, 1.54) is 0 Å². The Morgan fingerprint density at radius 3 is 2.21 bits per heavy atom. The van der Waals surface area contributed by atoms with Gasteiger partial charge in [0.1, 0.15) is 18.0 Å². The lowest BCUT2D eigenvalue weighted by atomic mass is 10.1. The average Bonchev–Trinajstić information content (AvgIpc) is 3.27. The fourth-order valence-electron chi connectivity index (χ4n) is 1.65. The van der Waals surface area contributed by atoms with Crippen LogP contribution in [0.15, 0.2) is 24.3 Å². The molecule has 4 heteroatoms. The summed E-state index contributed by atoms with van der Waals surface area (Å²) >= 11 is 0. The number of benzene rings is 1. The molecule has 2 unspecified atom stereocenters. The van der Waals surface area contributed by atoms with Gasteiger partial charge in [-0.2, -0.15) is 0 Å². The van der Waals surface area contributed by atoms with Gasteiger partial charge in [-0.15, -0.1) is 0 Å². The highest BCUT2D eigenvalue weighted by Crippen LogP contribution is 2.16. The summed E-state index contributed by atoms with van der Waals surface area (Å²) in [4.78, 5) is 0. The molecule has 1 aromatic carbocycles. The van der Waals surface area contributed by atoms with Gasteiger partial charge in [0.2, 0.25) is 0 Å². The summed E-state index contributed by atoms with van der Waals surface area (Å²) in [5, 5.41) is 9.24. The first-order valence-corrected chi connectivity index (χ1v) is 6.87. The molecule has 0 aromatic heterocycles. The molecule has 2 atom stereocenters. The molecule has 106 valence electrons. The monoisotopic (exact) mass is 266 g/mol. The lowest BCUT2D eigenvalue weighted by molar-refractivity contribution is 0.102. The van der Waals surface area contributed by atoms with E-state index in [4.69, 9.17) is 14.2 Å². The molecule has 1 N–H and O–H groups in total. The maximum atomic E-state index is 9.24. The van der Waals surface area contributed by atoms with E-state index in [9.17, 15) is 5.11 Å². The van der Waals surface area contributed by atoms with Crippen LogP contribution in [0.25, 0.3) is 0 Å². The number of rotatable bonds is 6. The van der Waals surface area contributed by atoms with Crippen molar-refractivity contribution in [2.45, 2.75) is 32.0 Å². The van der Waals surface area contributed by atoms with Crippen LogP contribution < -0.4 is 0 Å². The molecule has 0 amide bonds. The molecule has 2 saturated heterocycles. The number of ether oxygens (including phenoxy) is 3. The van der Waals surface area contributed by atoms with Crippen molar-refractivity contribution in [2.75, 3.05) is 26.4 Å². The summed E-state index contributed by atoms with van der Waals surface area (Å²) in [6.45, 7) is 5.36. The Labute approximate surface area is 114 Å². The van der Waals surface area contributed by atoms with Crippen LogP contribution in [0.4, 0.5) is 0 Å². The van der Waals surface area contributed by atoms with Crippen molar-refractivity contribution >= 4 is 0 Å². The minimum absolute atomic E-state index is 0.392. The standard InChI is InChI=1S/C9H12O.C6H10O3/c1-2-5-8-6-3-4-7-9(8)10;1(5-3-8-5)7-2-6-4-9-6/h3-4,6-7,10H,2,5H2,1H3;5-6H,1-4H2. The molecule has 0 aliphatic carbocycles. The van der Waals surface area contributed by atoms with Crippen molar-refractivity contribution in [3.63, 3.8) is 0 Å². The summed E-state index contributed by atoms with van der Waals surface area (Å²) in [5.41, 5.74) is 1.05. The molecule has 0 bridgehead atoms. The molecular weight excluding hydrogens is 244 g/mol. The lowest BCUT2D eigenvalue weighted by Crippen LogP contribution is -2.06. The minimum Gasteiger partial charge on any atom is -0.508 e. The lowest BCUT2D eigenvalue weighted by Gasteiger charge is -1.99. The second-order valence-corrected chi connectivity index (χ2v) is 4.83. The van der Waals surface area contributed by atoms with Gasteiger partial charge in [0.15, 0.2) is 0 Å². The fourth-order valence-corrected chi connectivity index (χ4v) is 1.65. The van der Waals surface area contributed by atoms with Gasteiger partial charge in [-0.25, -0.2) is 0 Å². The largest absolute Gasteiger partial charge is 0.508 e. The van der Waals surface area contributed by atoms with Crippen molar-refractivity contribution in [1.29, 1.82) is 0 Å². The molecular formula is C15H22O4. The number of phenols is 1. The van der Waals surface area contributed by atoms with Gasteiger partial charge in [-0.1, -0.05) is 31.5 Å². The number of para-hydroxylation sites is 1. The van der Waals surface area contributed by atoms with E-state index in [1.807, 2.05) is 18.2 Å². The molecule has 2 aliphatic rings. The van der Waals surface area contributed by atoms with E-state index in [-0.39, 0.29) is 0 Å². The molecule has 19 heavy (non-hydrogen) atoms. The van der Waals surface area contributed by atoms with E-state index in [0.717, 1.165) is 44.8 Å². The second-order valence-electron chi connectivity index (χ2n) is 4.83. The molecule has 3 rings (SSSR count). The smallest absolute Gasteiger partial charge is 0.118 e. The zero-order chi connectivity index (χ0) is 13.5. The van der Waals surface area contributed by atoms with Crippen LogP contribution in [0.1, 0.15) is 18.9 Å². The van der Waals surface area contributed by atoms with Crippen LogP contribution in [0.5, 0.6) is 5.75 Å². The summed E-state index contributed by atoms with van der Waals surface area (Å²) in [6, 6.07) is 7.48. The van der Waals surface area contributed by atoms with Crippen LogP contribution >= 0.6 is 0 Å². The molecule has 2 aliphatic heterocycles. The van der Waals surface area contributed by atoms with Crippen LogP contribution in [0.2, 0.25) is 0 Å². The highest BCUT2D eigenvalue weighted by molar-refractivity contribution is 5.31. The number of aromatic hydroxyl groups is 1. The average molecular weight is 266 g/mol. The first-order valence-electron chi connectivity index (χ1n) is 6.87. The Morgan fingerprint density at radius 1 is 1.16 bits per heavy atom. The third kappa shape index (κ3) is 6.05. The van der Waals surface area contributed by atoms with Crippen molar-refractivity contribution < 1.29 is 19.3 Å². The second kappa shape index (κ2) is 7.48. The minimum atomic E-state index is 0.392. The molecule has 2 fully saturated rings. The van der Waals surface area contributed by atoms with Crippen molar-refractivity contribution in [3.8, 4) is 5.75 Å². The highest BCUT2D eigenvalue weighted by atomic mass is 16.6. The number of hydrogen-bond donors (Lipinski definition) is 1. The Morgan fingerprint density at radius 2 is 1.74 bits per heavy atom. The van der Waals surface area contributed by atoms with Crippen LogP contribution in [-0.2, 0) is 20.6 Å². The first kappa shape index (κ1) is 14.3. The molecule has 0 saturated carbocycles. The van der Waals surface area contributed by atoms with Crippen LogP contribution in [-0.4, -0.2) is 43.7 Å². The summed E-state index contributed by atoms with van der Waals surface area (Å²) in [5.74, 6) is 0.421. The quantitative estimate of drug-likeness (QED) is 0.802. The first-order chi connectivity index (χ1) is 9.29. The molecule has 0 radical (unpaired) electrons. The van der Waals surface area contributed by atoms with Gasteiger partial charge in [0, 0.05) is 0 Å². The number of epoxide rings is 2. The van der Waals surface area contributed by atoms with E-state index in [2.05, 4.69) is 6.92 Å². The summed E-state index contributed by atoms with van der Waals surface area (Å²) < 4.78 is 15.1. The predicted octanol–water partition coefficient (Wildman–Crippen LogP) is 2.15. The molecule has 4 nitrogen and oxygen atoms in total. The van der Waals surface area contributed by atoms with Gasteiger partial charge in [-0.05, 0) is 18.1 Å². The van der Waals surface area contributed by atoms with Gasteiger partial charge >= 0.3 is 0 Å². The Bertz CT molecular complexity index is 360. The van der Waals surface area contributed by atoms with Gasteiger partial charge < -0.3 is 19.3 Å². The Kier molecular flexibility index (Phi) is 5.63. The SMILES string of the molecule is C(OCC1CO1)C1CO1.CCCc1ccccc1O. The number of hydrogen-bond acceptors (Lipinski definition) is 4. The number of phenolic OH excluding ortho intramolecular Hbond substituents is 1. The van der Waals surface area contributed by atoms with E-state index in [1.54, 1.807) is 6.07 Å². The van der Waals surface area contributed by atoms with Gasteiger partial charge in [0.05, 0.1) is 26.4 Å². The zero-order valence-electron chi connectivity index (χ0n) is 11.4. The molecule has 0 spiro atoms. The van der Waals surface area contributed by atoms with Gasteiger partial charge in [0.25, 0.3) is 0 Å². The fraction of sp³-hybridized carbons (Fsp3) is 0.600. The number of aryl methyl sites for hydroxylation is 1. The third-order valence-electron chi connectivity index (χ3n) is 2.92. The van der Waals surface area contributed by atoms with Crippen molar-refractivity contribution in [3.05, 3.63) is 29.8 Å². The Hall–Kier alpha value is -1.10. The summed E-state index contributed by atoms with van der Waals surface area (Å²) in [6.07, 6.45) is 2.83. The molecule has 2 heterocycles. The van der Waals surface area contributed by atoms with E-state index >= 15 is 0 Å². The van der Waals surface area contributed by atoms with Crippen LogP contribution in [0, 0.1) is 0 Å². The van der Waals surface area contributed by atoms with Gasteiger partial charge in [-0.3, -0.25) is 0 Å². The highest BCUT2D eigenvalue weighted by Gasteiger charge is 2.26. The van der Waals surface area contributed by atoms with E-state index in [0.29, 0.717) is 18.0 Å². The van der Waals surface area contributed by atoms with Crippen molar-refractivity contribution in [1.82, 2.24) is 0 Å².